The number of fused-ring (bicyclic) bond motifs is 3. The van der Waals surface area contributed by atoms with Gasteiger partial charge in [-0.3, -0.25) is 0 Å². The zero-order chi connectivity index (χ0) is 13.5. The first-order valence-corrected chi connectivity index (χ1v) is 7.84. The first-order chi connectivity index (χ1) is 9.86. The van der Waals surface area contributed by atoms with E-state index in [-0.39, 0.29) is 6.10 Å². The Morgan fingerprint density at radius 2 is 2.30 bits per heavy atom. The van der Waals surface area contributed by atoms with Gasteiger partial charge in [-0.25, -0.2) is 0 Å². The summed E-state index contributed by atoms with van der Waals surface area (Å²) in [6.07, 6.45) is 1.30. The van der Waals surface area contributed by atoms with Crippen molar-refractivity contribution in [1.29, 1.82) is 0 Å². The van der Waals surface area contributed by atoms with E-state index in [9.17, 15) is 0 Å². The van der Waals surface area contributed by atoms with Crippen LogP contribution in [0.4, 0.5) is 5.69 Å². The smallest absolute Gasteiger partial charge is 0.119 e. The number of hydrogen-bond donors (Lipinski definition) is 1. The Labute approximate surface area is 122 Å². The molecule has 0 aliphatic carbocycles. The Morgan fingerprint density at radius 3 is 3.10 bits per heavy atom. The van der Waals surface area contributed by atoms with Gasteiger partial charge in [0.05, 0.1) is 19.3 Å². The number of methoxy groups -OCH3 is 1. The first kappa shape index (κ1) is 12.2. The van der Waals surface area contributed by atoms with Crippen molar-refractivity contribution in [2.45, 2.75) is 18.6 Å². The molecule has 0 unspecified atom stereocenters. The number of nitrogens with one attached hydrogen (secondary N) is 1. The normalized spacial score (nSPS) is 27.6. The molecule has 3 atom stereocenters. The van der Waals surface area contributed by atoms with Crippen LogP contribution >= 0.6 is 11.3 Å². The average molecular weight is 287 g/mol. The predicted octanol–water partition coefficient (Wildman–Crippen LogP) is 4.00. The van der Waals surface area contributed by atoms with Crippen LogP contribution in [0, 0.1) is 5.92 Å². The molecule has 4 heteroatoms. The number of rotatable bonds is 2. The van der Waals surface area contributed by atoms with Gasteiger partial charge in [0.2, 0.25) is 0 Å². The molecule has 1 aromatic carbocycles. The van der Waals surface area contributed by atoms with Crippen LogP contribution in [0.3, 0.4) is 0 Å². The summed E-state index contributed by atoms with van der Waals surface area (Å²) in [6.45, 7) is 0.843. The van der Waals surface area contributed by atoms with E-state index in [1.807, 2.05) is 17.4 Å². The van der Waals surface area contributed by atoms with E-state index in [4.69, 9.17) is 9.47 Å². The van der Waals surface area contributed by atoms with E-state index < -0.39 is 0 Å². The molecule has 0 amide bonds. The molecular weight excluding hydrogens is 270 g/mol. The minimum Gasteiger partial charge on any atom is -0.497 e. The van der Waals surface area contributed by atoms with Crippen LogP contribution in [0.1, 0.15) is 29.0 Å². The first-order valence-electron chi connectivity index (χ1n) is 6.96. The Morgan fingerprint density at radius 1 is 1.35 bits per heavy atom. The molecule has 3 nitrogen and oxygen atoms in total. The van der Waals surface area contributed by atoms with Crippen molar-refractivity contribution in [3.8, 4) is 5.75 Å². The van der Waals surface area contributed by atoms with Crippen LogP contribution in [0.15, 0.2) is 35.7 Å². The van der Waals surface area contributed by atoms with Crippen molar-refractivity contribution >= 4 is 17.0 Å². The van der Waals surface area contributed by atoms with Gasteiger partial charge in [0.25, 0.3) is 0 Å². The van der Waals surface area contributed by atoms with Gasteiger partial charge in [-0.2, -0.15) is 0 Å². The third-order valence-electron chi connectivity index (χ3n) is 4.29. The molecule has 3 heterocycles. The molecule has 2 aromatic rings. The lowest BCUT2D eigenvalue weighted by Crippen LogP contribution is -2.28. The molecule has 2 aliphatic rings. The van der Waals surface area contributed by atoms with Crippen LogP contribution in [-0.2, 0) is 4.74 Å². The van der Waals surface area contributed by atoms with Gasteiger partial charge in [0.1, 0.15) is 5.75 Å². The summed E-state index contributed by atoms with van der Waals surface area (Å²) in [5.41, 5.74) is 2.41. The average Bonchev–Trinajstić information content (AvgIpc) is 3.17. The summed E-state index contributed by atoms with van der Waals surface area (Å²) in [6, 6.07) is 10.9. The lowest BCUT2D eigenvalue weighted by molar-refractivity contribution is 0.0830. The molecule has 0 radical (unpaired) electrons. The Balaban J connectivity index is 1.78. The third-order valence-corrected chi connectivity index (χ3v) is 5.25. The van der Waals surface area contributed by atoms with Gasteiger partial charge < -0.3 is 14.8 Å². The fourth-order valence-corrected chi connectivity index (χ4v) is 4.18. The van der Waals surface area contributed by atoms with E-state index in [1.54, 1.807) is 7.11 Å². The van der Waals surface area contributed by atoms with Crippen molar-refractivity contribution in [2.75, 3.05) is 19.0 Å². The van der Waals surface area contributed by atoms with Crippen molar-refractivity contribution in [2.24, 2.45) is 5.92 Å². The summed E-state index contributed by atoms with van der Waals surface area (Å²) in [5.74, 6) is 1.41. The molecule has 1 N–H and O–H groups in total. The number of anilines is 1. The lowest BCUT2D eigenvalue weighted by atomic mass is 9.83. The molecule has 1 saturated heterocycles. The van der Waals surface area contributed by atoms with Crippen molar-refractivity contribution < 1.29 is 9.47 Å². The van der Waals surface area contributed by atoms with E-state index in [0.717, 1.165) is 18.8 Å². The second-order valence-electron chi connectivity index (χ2n) is 5.33. The number of benzene rings is 1. The highest BCUT2D eigenvalue weighted by atomic mass is 32.1. The zero-order valence-electron chi connectivity index (χ0n) is 11.3. The third kappa shape index (κ3) is 1.83. The molecule has 20 heavy (non-hydrogen) atoms. The maximum atomic E-state index is 6.02. The molecule has 0 saturated carbocycles. The van der Waals surface area contributed by atoms with Crippen LogP contribution in [0.2, 0.25) is 0 Å². The highest BCUT2D eigenvalue weighted by molar-refractivity contribution is 7.10. The quantitative estimate of drug-likeness (QED) is 0.905. The minimum atomic E-state index is 0.188. The van der Waals surface area contributed by atoms with Gasteiger partial charge in [0.15, 0.2) is 0 Å². The molecule has 1 fully saturated rings. The zero-order valence-corrected chi connectivity index (χ0v) is 12.2. The number of thiophene rings is 1. The van der Waals surface area contributed by atoms with E-state index in [1.165, 1.54) is 16.1 Å². The molecule has 1 aromatic heterocycles. The highest BCUT2D eigenvalue weighted by Gasteiger charge is 2.41. The van der Waals surface area contributed by atoms with Crippen LogP contribution in [0.5, 0.6) is 5.75 Å². The summed E-state index contributed by atoms with van der Waals surface area (Å²) in [5, 5.41) is 5.84. The van der Waals surface area contributed by atoms with Crippen LogP contribution in [0.25, 0.3) is 0 Å². The Kier molecular flexibility index (Phi) is 2.93. The minimum absolute atomic E-state index is 0.188. The summed E-state index contributed by atoms with van der Waals surface area (Å²) in [4.78, 5) is 1.40. The number of ether oxygens (including phenoxy) is 2. The molecule has 0 bridgehead atoms. The summed E-state index contributed by atoms with van der Waals surface area (Å²) in [7, 11) is 1.71. The molecule has 0 spiro atoms. The Bertz CT molecular complexity index is 611. The molecule has 2 aliphatic heterocycles. The van der Waals surface area contributed by atoms with Gasteiger partial charge in [-0.1, -0.05) is 6.07 Å². The largest absolute Gasteiger partial charge is 0.497 e. The van der Waals surface area contributed by atoms with Crippen molar-refractivity contribution in [3.05, 3.63) is 46.2 Å². The van der Waals surface area contributed by atoms with E-state index >= 15 is 0 Å². The fraction of sp³-hybridized carbons (Fsp3) is 0.375. The van der Waals surface area contributed by atoms with E-state index in [2.05, 4.69) is 35.0 Å². The second-order valence-corrected chi connectivity index (χ2v) is 6.31. The number of hydrogen-bond acceptors (Lipinski definition) is 4. The topological polar surface area (TPSA) is 30.5 Å². The monoisotopic (exact) mass is 287 g/mol. The fourth-order valence-electron chi connectivity index (χ4n) is 3.33. The van der Waals surface area contributed by atoms with Crippen molar-refractivity contribution in [1.82, 2.24) is 0 Å². The second kappa shape index (κ2) is 4.79. The molecule has 4 rings (SSSR count). The lowest BCUT2D eigenvalue weighted by Gasteiger charge is -2.35. The van der Waals surface area contributed by atoms with Gasteiger partial charge >= 0.3 is 0 Å². The van der Waals surface area contributed by atoms with Gasteiger partial charge in [-0.05, 0) is 36.1 Å². The maximum absolute atomic E-state index is 6.02. The van der Waals surface area contributed by atoms with Crippen LogP contribution < -0.4 is 10.1 Å². The van der Waals surface area contributed by atoms with Gasteiger partial charge in [0, 0.05) is 28.7 Å². The summed E-state index contributed by atoms with van der Waals surface area (Å²) < 4.78 is 11.4. The predicted molar refractivity (Wildman–Crippen MR) is 80.5 cm³/mol. The molecular formula is C16H17NO2S. The Hall–Kier alpha value is -1.52. The van der Waals surface area contributed by atoms with Crippen molar-refractivity contribution in [3.63, 3.8) is 0 Å². The van der Waals surface area contributed by atoms with E-state index in [0.29, 0.717) is 12.0 Å². The molecule has 104 valence electrons. The van der Waals surface area contributed by atoms with Gasteiger partial charge in [-0.15, -0.1) is 11.3 Å². The maximum Gasteiger partial charge on any atom is 0.119 e. The summed E-state index contributed by atoms with van der Waals surface area (Å²) >= 11 is 1.82. The SMILES string of the molecule is COc1ccc2c(c1)[C@@H]1OCC[C@@H]1[C@H](c1cccs1)N2. The highest BCUT2D eigenvalue weighted by Crippen LogP contribution is 2.51. The standard InChI is InChI=1S/C16H17NO2S/c1-18-10-4-5-13-12(9-10)16-11(6-7-19-16)15(17-13)14-3-2-8-20-14/h2-5,8-9,11,15-17H,6-7H2,1H3/t11-,15-,16-/m1/s1. The van der Waals surface area contributed by atoms with Crippen LogP contribution in [-0.4, -0.2) is 13.7 Å².